The minimum atomic E-state index is -0.875. The first-order valence-electron chi connectivity index (χ1n) is 6.29. The predicted molar refractivity (Wildman–Crippen MR) is 70.5 cm³/mol. The number of hydrogen-bond donors (Lipinski definition) is 2. The molecule has 1 aromatic carbocycles. The number of carbonyl (C=O) groups excluding carboxylic acids is 1. The summed E-state index contributed by atoms with van der Waals surface area (Å²) in [5.74, 6) is -0.552. The molecule has 18 heavy (non-hydrogen) atoms. The smallest absolute Gasteiger partial charge is 0.240 e. The van der Waals surface area contributed by atoms with E-state index in [4.69, 9.17) is 5.73 Å². The van der Waals surface area contributed by atoms with E-state index in [0.717, 1.165) is 0 Å². The van der Waals surface area contributed by atoms with Crippen LogP contribution in [0.1, 0.15) is 45.2 Å². The number of benzene rings is 1. The molecule has 0 spiro atoms. The molecule has 1 aromatic rings. The molecule has 3 nitrogen and oxygen atoms in total. The van der Waals surface area contributed by atoms with Crippen molar-refractivity contribution in [2.75, 3.05) is 0 Å². The summed E-state index contributed by atoms with van der Waals surface area (Å²) in [6.45, 7) is 5.50. The van der Waals surface area contributed by atoms with Crippen LogP contribution in [0.2, 0.25) is 0 Å². The Hall–Kier alpha value is -1.42. The van der Waals surface area contributed by atoms with Crippen molar-refractivity contribution in [2.24, 2.45) is 5.73 Å². The summed E-state index contributed by atoms with van der Waals surface area (Å²) < 4.78 is 13.6. The molecule has 0 heterocycles. The second-order valence-corrected chi connectivity index (χ2v) is 4.58. The highest BCUT2D eigenvalue weighted by atomic mass is 19.1. The summed E-state index contributed by atoms with van der Waals surface area (Å²) in [6.07, 6.45) is 1.11. The summed E-state index contributed by atoms with van der Waals surface area (Å²) in [4.78, 5) is 12.1. The Kier molecular flexibility index (Phi) is 4.84. The van der Waals surface area contributed by atoms with Gasteiger partial charge < -0.3 is 11.1 Å². The molecule has 0 fully saturated rings. The molecule has 0 saturated carbocycles. The van der Waals surface area contributed by atoms with E-state index in [1.165, 1.54) is 6.07 Å². The first-order chi connectivity index (χ1) is 8.44. The molecule has 0 bridgehead atoms. The van der Waals surface area contributed by atoms with E-state index < -0.39 is 5.54 Å². The zero-order valence-electron chi connectivity index (χ0n) is 11.2. The predicted octanol–water partition coefficient (Wildman–Crippen LogP) is 2.52. The Morgan fingerprint density at radius 1 is 1.39 bits per heavy atom. The second-order valence-electron chi connectivity index (χ2n) is 4.58. The lowest BCUT2D eigenvalue weighted by Crippen LogP contribution is -2.53. The van der Waals surface area contributed by atoms with E-state index in [-0.39, 0.29) is 17.8 Å². The molecule has 0 aliphatic carbocycles. The first-order valence-corrected chi connectivity index (χ1v) is 6.29. The molecule has 0 aromatic heterocycles. The van der Waals surface area contributed by atoms with Gasteiger partial charge in [-0.3, -0.25) is 4.79 Å². The molecule has 0 aliphatic heterocycles. The lowest BCUT2D eigenvalue weighted by atomic mass is 9.92. The third kappa shape index (κ3) is 3.07. The van der Waals surface area contributed by atoms with Crippen molar-refractivity contribution in [3.63, 3.8) is 0 Å². The van der Waals surface area contributed by atoms with Crippen LogP contribution in [0.25, 0.3) is 0 Å². The Bertz CT molecular complexity index is 416. The zero-order valence-corrected chi connectivity index (χ0v) is 11.2. The van der Waals surface area contributed by atoms with Crippen LogP contribution < -0.4 is 11.1 Å². The third-order valence-corrected chi connectivity index (χ3v) is 3.43. The van der Waals surface area contributed by atoms with Gasteiger partial charge in [0.1, 0.15) is 5.82 Å². The first kappa shape index (κ1) is 14.6. The van der Waals surface area contributed by atoms with E-state index in [1.54, 1.807) is 25.1 Å². The van der Waals surface area contributed by atoms with Crippen molar-refractivity contribution in [1.29, 1.82) is 0 Å². The van der Waals surface area contributed by atoms with Crippen molar-refractivity contribution in [1.82, 2.24) is 5.32 Å². The molecule has 0 saturated heterocycles. The average molecular weight is 252 g/mol. The monoisotopic (exact) mass is 252 g/mol. The van der Waals surface area contributed by atoms with Gasteiger partial charge in [0.05, 0.1) is 11.6 Å². The van der Waals surface area contributed by atoms with Gasteiger partial charge in [-0.05, 0) is 25.8 Å². The molecule has 100 valence electrons. The van der Waals surface area contributed by atoms with Crippen LogP contribution in [0.3, 0.4) is 0 Å². The van der Waals surface area contributed by atoms with Crippen molar-refractivity contribution < 1.29 is 9.18 Å². The van der Waals surface area contributed by atoms with Crippen LogP contribution in [0, 0.1) is 5.82 Å². The number of hydrogen-bond acceptors (Lipinski definition) is 2. The minimum absolute atomic E-state index is 0.233. The summed E-state index contributed by atoms with van der Waals surface area (Å²) in [5.41, 5.74) is 5.60. The summed E-state index contributed by atoms with van der Waals surface area (Å²) in [6, 6.07) is 6.03. The molecule has 3 N–H and O–H groups in total. The van der Waals surface area contributed by atoms with Crippen LogP contribution in [0.4, 0.5) is 4.39 Å². The highest BCUT2D eigenvalue weighted by molar-refractivity contribution is 5.86. The van der Waals surface area contributed by atoms with Gasteiger partial charge in [0.25, 0.3) is 0 Å². The number of amides is 1. The zero-order chi connectivity index (χ0) is 13.8. The van der Waals surface area contributed by atoms with E-state index in [9.17, 15) is 9.18 Å². The van der Waals surface area contributed by atoms with Crippen molar-refractivity contribution >= 4 is 5.91 Å². The van der Waals surface area contributed by atoms with Crippen LogP contribution in [0.5, 0.6) is 0 Å². The fraction of sp³-hybridized carbons (Fsp3) is 0.500. The van der Waals surface area contributed by atoms with E-state index in [1.807, 2.05) is 13.8 Å². The summed E-state index contributed by atoms with van der Waals surface area (Å²) in [5, 5.41) is 2.78. The maximum absolute atomic E-state index is 13.6. The number of carbonyl (C=O) groups is 1. The second kappa shape index (κ2) is 5.96. The van der Waals surface area contributed by atoms with Crippen molar-refractivity contribution in [3.8, 4) is 0 Å². The molecule has 0 radical (unpaired) electrons. The maximum Gasteiger partial charge on any atom is 0.240 e. The average Bonchev–Trinajstić information content (AvgIpc) is 2.38. The van der Waals surface area contributed by atoms with Gasteiger partial charge in [0.15, 0.2) is 0 Å². The molecular formula is C14H21FN2O. The highest BCUT2D eigenvalue weighted by Gasteiger charge is 2.31. The Morgan fingerprint density at radius 3 is 2.44 bits per heavy atom. The SMILES string of the molecule is CCC(N)(CC)C(=O)N[C@H](C)c1ccccc1F. The Morgan fingerprint density at radius 2 is 1.94 bits per heavy atom. The largest absolute Gasteiger partial charge is 0.348 e. The highest BCUT2D eigenvalue weighted by Crippen LogP contribution is 2.18. The number of nitrogens with one attached hydrogen (secondary N) is 1. The fourth-order valence-electron chi connectivity index (χ4n) is 1.82. The normalized spacial score (nSPS) is 13.2. The van der Waals surface area contributed by atoms with E-state index >= 15 is 0 Å². The summed E-state index contributed by atoms with van der Waals surface area (Å²) in [7, 11) is 0. The lowest BCUT2D eigenvalue weighted by molar-refractivity contribution is -0.127. The molecule has 0 unspecified atom stereocenters. The van der Waals surface area contributed by atoms with Crippen molar-refractivity contribution in [3.05, 3.63) is 35.6 Å². The number of rotatable bonds is 5. The van der Waals surface area contributed by atoms with Crippen molar-refractivity contribution in [2.45, 2.75) is 45.2 Å². The molecule has 0 aliphatic rings. The van der Waals surface area contributed by atoms with Gasteiger partial charge in [0, 0.05) is 5.56 Å². The van der Waals surface area contributed by atoms with Gasteiger partial charge in [-0.25, -0.2) is 4.39 Å². The minimum Gasteiger partial charge on any atom is -0.348 e. The standard InChI is InChI=1S/C14H21FN2O/c1-4-14(16,5-2)13(18)17-10(3)11-8-6-7-9-12(11)15/h6-10H,4-5,16H2,1-3H3,(H,17,18)/t10-/m1/s1. The Balaban J connectivity index is 2.80. The fourth-order valence-corrected chi connectivity index (χ4v) is 1.82. The van der Waals surface area contributed by atoms with E-state index in [2.05, 4.69) is 5.32 Å². The third-order valence-electron chi connectivity index (χ3n) is 3.43. The van der Waals surface area contributed by atoms with Crippen LogP contribution in [-0.2, 0) is 4.79 Å². The van der Waals surface area contributed by atoms with Gasteiger partial charge >= 0.3 is 0 Å². The molecule has 1 amide bonds. The summed E-state index contributed by atoms with van der Waals surface area (Å²) >= 11 is 0. The maximum atomic E-state index is 13.6. The van der Waals surface area contributed by atoms with Gasteiger partial charge in [-0.15, -0.1) is 0 Å². The molecule has 1 atom stereocenters. The van der Waals surface area contributed by atoms with Crippen LogP contribution in [0.15, 0.2) is 24.3 Å². The van der Waals surface area contributed by atoms with Crippen LogP contribution >= 0.6 is 0 Å². The number of halogens is 1. The number of nitrogens with two attached hydrogens (primary N) is 1. The molecule has 1 rings (SSSR count). The quantitative estimate of drug-likeness (QED) is 0.846. The van der Waals surface area contributed by atoms with Crippen LogP contribution in [-0.4, -0.2) is 11.4 Å². The molecule has 4 heteroatoms. The topological polar surface area (TPSA) is 55.1 Å². The van der Waals surface area contributed by atoms with Gasteiger partial charge in [-0.1, -0.05) is 32.0 Å². The Labute approximate surface area is 108 Å². The molecular weight excluding hydrogens is 231 g/mol. The van der Waals surface area contributed by atoms with Gasteiger partial charge in [0.2, 0.25) is 5.91 Å². The van der Waals surface area contributed by atoms with E-state index in [0.29, 0.717) is 18.4 Å². The van der Waals surface area contributed by atoms with Gasteiger partial charge in [-0.2, -0.15) is 0 Å². The lowest BCUT2D eigenvalue weighted by Gasteiger charge is -2.27.